The van der Waals surface area contributed by atoms with E-state index in [9.17, 15) is 4.79 Å². The first kappa shape index (κ1) is 20.8. The molecule has 0 radical (unpaired) electrons. The molecule has 1 aliphatic rings. The molecule has 0 saturated carbocycles. The first-order chi connectivity index (χ1) is 14.6. The number of hydrogen-bond acceptors (Lipinski definition) is 4. The third-order valence-corrected chi connectivity index (χ3v) is 6.70. The first-order valence-electron chi connectivity index (χ1n) is 10.6. The van der Waals surface area contributed by atoms with E-state index >= 15 is 0 Å². The Kier molecular flexibility index (Phi) is 6.30. The zero-order valence-corrected chi connectivity index (χ0v) is 18.5. The summed E-state index contributed by atoms with van der Waals surface area (Å²) in [7, 11) is 0. The summed E-state index contributed by atoms with van der Waals surface area (Å²) in [5.74, 6) is 0.173. The average Bonchev–Trinajstić information content (AvgIpc) is 3.40. The second-order valence-electron chi connectivity index (χ2n) is 8.54. The molecule has 1 saturated heterocycles. The van der Waals surface area contributed by atoms with E-state index in [1.54, 1.807) is 17.5 Å². The van der Waals surface area contributed by atoms with Crippen LogP contribution in [-0.2, 0) is 17.8 Å². The van der Waals surface area contributed by atoms with E-state index in [1.165, 1.54) is 21.6 Å². The predicted octanol–water partition coefficient (Wildman–Crippen LogP) is 4.77. The second kappa shape index (κ2) is 9.11. The molecule has 30 heavy (non-hydrogen) atoms. The Morgan fingerprint density at radius 3 is 2.80 bits per heavy atom. The average molecular weight is 420 g/mol. The maximum Gasteiger partial charge on any atom is 0.228 e. The fourth-order valence-corrected chi connectivity index (χ4v) is 5.17. The van der Waals surface area contributed by atoms with Crippen molar-refractivity contribution in [3.05, 3.63) is 77.4 Å². The Bertz CT molecular complexity index is 971. The van der Waals surface area contributed by atoms with E-state index in [4.69, 9.17) is 0 Å². The number of rotatable bonds is 7. The van der Waals surface area contributed by atoms with Gasteiger partial charge < -0.3 is 5.32 Å². The molecular weight excluding hydrogens is 390 g/mol. The molecule has 1 atom stereocenters. The molecule has 0 spiro atoms. The molecule has 2 aromatic heterocycles. The van der Waals surface area contributed by atoms with E-state index in [1.807, 2.05) is 26.1 Å². The summed E-state index contributed by atoms with van der Waals surface area (Å²) in [6.07, 6.45) is 5.34. The number of carbonyl (C=O) groups is 1. The van der Waals surface area contributed by atoms with Gasteiger partial charge in [-0.2, -0.15) is 0 Å². The van der Waals surface area contributed by atoms with Gasteiger partial charge in [-0.3, -0.25) is 14.7 Å². The summed E-state index contributed by atoms with van der Waals surface area (Å²) in [6.45, 7) is 6.58. The maximum atomic E-state index is 13.4. The quantitative estimate of drug-likeness (QED) is 0.600. The molecule has 0 unspecified atom stereocenters. The Morgan fingerprint density at radius 1 is 1.20 bits per heavy atom. The van der Waals surface area contributed by atoms with Crippen molar-refractivity contribution in [3.8, 4) is 10.4 Å². The molecule has 1 N–H and O–H groups in total. The van der Waals surface area contributed by atoms with Gasteiger partial charge >= 0.3 is 0 Å². The Hall–Kier alpha value is -2.50. The summed E-state index contributed by atoms with van der Waals surface area (Å²) < 4.78 is 0. The van der Waals surface area contributed by atoms with Crippen LogP contribution < -0.4 is 5.32 Å². The Labute approximate surface area is 183 Å². The molecule has 1 aromatic carbocycles. The van der Waals surface area contributed by atoms with Crippen LogP contribution in [0.1, 0.15) is 31.4 Å². The van der Waals surface area contributed by atoms with Gasteiger partial charge in [0.15, 0.2) is 0 Å². The molecule has 1 aliphatic heterocycles. The van der Waals surface area contributed by atoms with Crippen LogP contribution in [-0.4, -0.2) is 34.9 Å². The monoisotopic (exact) mass is 419 g/mol. The largest absolute Gasteiger partial charge is 0.353 e. The Balaban J connectivity index is 1.61. The third kappa shape index (κ3) is 4.63. The minimum Gasteiger partial charge on any atom is -0.353 e. The number of benzene rings is 1. The van der Waals surface area contributed by atoms with Crippen molar-refractivity contribution >= 4 is 17.2 Å². The smallest absolute Gasteiger partial charge is 0.228 e. The lowest BCUT2D eigenvalue weighted by Crippen LogP contribution is -2.46. The minimum absolute atomic E-state index is 0.134. The van der Waals surface area contributed by atoms with Gasteiger partial charge in [0.25, 0.3) is 0 Å². The van der Waals surface area contributed by atoms with Crippen molar-refractivity contribution in [2.75, 3.05) is 13.1 Å². The second-order valence-corrected chi connectivity index (χ2v) is 9.49. The molecule has 3 heterocycles. The molecule has 4 nitrogen and oxygen atoms in total. The highest BCUT2D eigenvalue weighted by Crippen LogP contribution is 2.39. The molecule has 1 fully saturated rings. The number of nitrogens with zero attached hydrogens (tertiary/aromatic N) is 2. The normalized spacial score (nSPS) is 19.3. The summed E-state index contributed by atoms with van der Waals surface area (Å²) in [5, 5.41) is 5.32. The van der Waals surface area contributed by atoms with Crippen molar-refractivity contribution < 1.29 is 4.79 Å². The number of nitrogens with one attached hydrogen (secondary N) is 1. The van der Waals surface area contributed by atoms with Crippen molar-refractivity contribution in [3.63, 3.8) is 0 Å². The van der Waals surface area contributed by atoms with Gasteiger partial charge in [0.05, 0.1) is 5.41 Å². The van der Waals surface area contributed by atoms with E-state index < -0.39 is 5.41 Å². The number of hydrogen-bond donors (Lipinski definition) is 1. The molecule has 1 amide bonds. The highest BCUT2D eigenvalue weighted by molar-refractivity contribution is 7.13. The van der Waals surface area contributed by atoms with Crippen LogP contribution in [0, 0.1) is 5.41 Å². The molecule has 3 aromatic rings. The molecule has 0 bridgehead atoms. The summed E-state index contributed by atoms with van der Waals surface area (Å²) in [4.78, 5) is 21.3. The lowest BCUT2D eigenvalue weighted by molar-refractivity contribution is -0.131. The fourth-order valence-electron chi connectivity index (χ4n) is 4.38. The summed E-state index contributed by atoms with van der Waals surface area (Å²) in [6, 6.07) is 17.0. The van der Waals surface area contributed by atoms with Crippen molar-refractivity contribution in [1.29, 1.82) is 0 Å². The molecule has 5 heteroatoms. The summed E-state index contributed by atoms with van der Waals surface area (Å²) >= 11 is 1.75. The molecule has 156 valence electrons. The van der Waals surface area contributed by atoms with Crippen molar-refractivity contribution in [2.24, 2.45) is 5.41 Å². The molecule has 0 aliphatic carbocycles. The van der Waals surface area contributed by atoms with E-state index in [0.717, 1.165) is 32.5 Å². The van der Waals surface area contributed by atoms with Gasteiger partial charge in [-0.25, -0.2) is 0 Å². The van der Waals surface area contributed by atoms with Crippen LogP contribution in [0.15, 0.2) is 66.3 Å². The van der Waals surface area contributed by atoms with E-state index in [2.05, 4.69) is 63.0 Å². The van der Waals surface area contributed by atoms with E-state index in [0.29, 0.717) is 0 Å². The van der Waals surface area contributed by atoms with Gasteiger partial charge in [-0.15, -0.1) is 11.3 Å². The van der Waals surface area contributed by atoms with Gasteiger partial charge in [0, 0.05) is 36.4 Å². The van der Waals surface area contributed by atoms with Crippen LogP contribution in [0.5, 0.6) is 0 Å². The van der Waals surface area contributed by atoms with Crippen LogP contribution in [0.4, 0.5) is 0 Å². The standard InChI is InChI=1S/C25H29N3OS/c1-19(2)27-24(29)25(11-13-28(18-25)17-20-7-5-12-26-16-20)15-21-8-3-4-9-22(21)23-10-6-14-30-23/h3-10,12,14,16,19H,11,13,15,17-18H2,1-2H3,(H,27,29)/t25-/m1/s1. The van der Waals surface area contributed by atoms with Crippen LogP contribution in [0.25, 0.3) is 10.4 Å². The van der Waals surface area contributed by atoms with Gasteiger partial charge in [-0.05, 0) is 67.4 Å². The zero-order valence-electron chi connectivity index (χ0n) is 17.7. The predicted molar refractivity (Wildman–Crippen MR) is 123 cm³/mol. The van der Waals surface area contributed by atoms with Crippen LogP contribution >= 0.6 is 11.3 Å². The summed E-state index contributed by atoms with van der Waals surface area (Å²) in [5.41, 5.74) is 3.27. The van der Waals surface area contributed by atoms with Crippen LogP contribution in [0.2, 0.25) is 0 Å². The lowest BCUT2D eigenvalue weighted by Gasteiger charge is -2.30. The number of carbonyl (C=O) groups excluding carboxylic acids is 1. The molecular formula is C25H29N3OS. The highest BCUT2D eigenvalue weighted by atomic mass is 32.1. The van der Waals surface area contributed by atoms with E-state index in [-0.39, 0.29) is 11.9 Å². The first-order valence-corrected chi connectivity index (χ1v) is 11.5. The number of amides is 1. The van der Waals surface area contributed by atoms with Crippen molar-refractivity contribution in [2.45, 2.75) is 39.3 Å². The number of likely N-dealkylation sites (tertiary alicyclic amines) is 1. The number of pyridine rings is 1. The highest BCUT2D eigenvalue weighted by Gasteiger charge is 2.45. The lowest BCUT2D eigenvalue weighted by atomic mass is 9.78. The van der Waals surface area contributed by atoms with Gasteiger partial charge in [0.2, 0.25) is 5.91 Å². The van der Waals surface area contributed by atoms with Crippen molar-refractivity contribution in [1.82, 2.24) is 15.2 Å². The number of thiophene rings is 1. The third-order valence-electron chi connectivity index (χ3n) is 5.80. The topological polar surface area (TPSA) is 45.2 Å². The fraction of sp³-hybridized carbons (Fsp3) is 0.360. The van der Waals surface area contributed by atoms with Gasteiger partial charge in [0.1, 0.15) is 0 Å². The van der Waals surface area contributed by atoms with Crippen LogP contribution in [0.3, 0.4) is 0 Å². The zero-order chi connectivity index (χ0) is 21.0. The van der Waals surface area contributed by atoms with Gasteiger partial charge in [-0.1, -0.05) is 36.4 Å². The molecule has 4 rings (SSSR count). The maximum absolute atomic E-state index is 13.4. The number of aromatic nitrogens is 1. The SMILES string of the molecule is CC(C)NC(=O)[C@@]1(Cc2ccccc2-c2cccs2)CCN(Cc2cccnc2)C1. The Morgan fingerprint density at radius 2 is 2.07 bits per heavy atom. The minimum atomic E-state index is -0.417.